The van der Waals surface area contributed by atoms with Gasteiger partial charge in [0, 0.05) is 23.1 Å². The molecule has 0 radical (unpaired) electrons. The number of carbonyl (C=O) groups excluding carboxylic acids is 2. The van der Waals surface area contributed by atoms with Gasteiger partial charge in [-0.15, -0.1) is 0 Å². The molecule has 0 spiro atoms. The molecule has 0 saturated heterocycles. The number of halogens is 1. The zero-order valence-corrected chi connectivity index (χ0v) is 15.3. The summed E-state index contributed by atoms with van der Waals surface area (Å²) in [6.45, 7) is 3.54. The lowest BCUT2D eigenvalue weighted by Crippen LogP contribution is -2.44. The molecule has 1 unspecified atom stereocenters. The summed E-state index contributed by atoms with van der Waals surface area (Å²) in [4.78, 5) is 28.4. The van der Waals surface area contributed by atoms with E-state index >= 15 is 0 Å². The van der Waals surface area contributed by atoms with Crippen LogP contribution in [-0.2, 0) is 16.0 Å². The molecule has 0 aliphatic carbocycles. The highest BCUT2D eigenvalue weighted by molar-refractivity contribution is 9.10. The summed E-state index contributed by atoms with van der Waals surface area (Å²) < 4.78 is 0.794. The molecule has 1 atom stereocenters. The molecule has 2 aromatic carbocycles. The Morgan fingerprint density at radius 3 is 2.54 bits per heavy atom. The van der Waals surface area contributed by atoms with E-state index in [-0.39, 0.29) is 24.4 Å². The molecule has 3 rings (SSSR count). The number of hydrogen-bond acceptors (Lipinski definition) is 2. The second-order valence-electron chi connectivity index (χ2n) is 6.00. The molecule has 2 aromatic rings. The van der Waals surface area contributed by atoms with Crippen molar-refractivity contribution in [2.24, 2.45) is 0 Å². The van der Waals surface area contributed by atoms with Gasteiger partial charge in [0.05, 0.1) is 5.69 Å². The van der Waals surface area contributed by atoms with Crippen molar-refractivity contribution in [2.75, 3.05) is 16.3 Å². The van der Waals surface area contributed by atoms with E-state index in [0.717, 1.165) is 16.6 Å². The molecular weight excluding hydrogens is 368 g/mol. The Morgan fingerprint density at radius 1 is 1.17 bits per heavy atom. The highest BCUT2D eigenvalue weighted by Gasteiger charge is 2.32. The van der Waals surface area contributed by atoms with Crippen molar-refractivity contribution in [2.45, 2.75) is 26.3 Å². The Labute approximate surface area is 150 Å². The maximum absolute atomic E-state index is 12.9. The van der Waals surface area contributed by atoms with Crippen LogP contribution in [0.1, 0.15) is 19.4 Å². The summed E-state index contributed by atoms with van der Waals surface area (Å²) in [5, 5.41) is 0. The van der Waals surface area contributed by atoms with E-state index in [2.05, 4.69) is 22.0 Å². The van der Waals surface area contributed by atoms with Gasteiger partial charge in [0.15, 0.2) is 0 Å². The molecule has 24 heavy (non-hydrogen) atoms. The maximum atomic E-state index is 12.9. The normalized spacial score (nSPS) is 16.0. The molecule has 0 N–H and O–H groups in total. The van der Waals surface area contributed by atoms with Gasteiger partial charge in [-0.25, -0.2) is 0 Å². The zero-order valence-electron chi connectivity index (χ0n) is 13.7. The third kappa shape index (κ3) is 3.08. The second-order valence-corrected chi connectivity index (χ2v) is 6.86. The van der Waals surface area contributed by atoms with Crippen LogP contribution in [0.3, 0.4) is 0 Å². The van der Waals surface area contributed by atoms with Crippen molar-refractivity contribution in [3.63, 3.8) is 0 Å². The predicted octanol–water partition coefficient (Wildman–Crippen LogP) is 3.78. The summed E-state index contributed by atoms with van der Waals surface area (Å²) in [5.41, 5.74) is 2.83. The molecule has 1 heterocycles. The van der Waals surface area contributed by atoms with Crippen molar-refractivity contribution in [3.05, 3.63) is 58.6 Å². The first-order valence-corrected chi connectivity index (χ1v) is 8.71. The van der Waals surface area contributed by atoms with Gasteiger partial charge in [-0.2, -0.15) is 0 Å². The number of nitrogens with zero attached hydrogens (tertiary/aromatic N) is 2. The van der Waals surface area contributed by atoms with E-state index in [9.17, 15) is 9.59 Å². The quantitative estimate of drug-likeness (QED) is 0.804. The molecule has 0 saturated carbocycles. The number of amides is 2. The van der Waals surface area contributed by atoms with E-state index in [1.165, 1.54) is 17.4 Å². The van der Waals surface area contributed by atoms with Gasteiger partial charge in [0.2, 0.25) is 11.8 Å². The highest BCUT2D eigenvalue weighted by atomic mass is 79.9. The lowest BCUT2D eigenvalue weighted by Gasteiger charge is -2.28. The number of hydrogen-bond donors (Lipinski definition) is 0. The van der Waals surface area contributed by atoms with Gasteiger partial charge in [-0.05, 0) is 53.0 Å². The van der Waals surface area contributed by atoms with E-state index < -0.39 is 0 Å². The summed E-state index contributed by atoms with van der Waals surface area (Å²) in [5.74, 6) is -0.228. The topological polar surface area (TPSA) is 40.6 Å². The van der Waals surface area contributed by atoms with Gasteiger partial charge < -0.3 is 9.80 Å². The first kappa shape index (κ1) is 16.7. The minimum atomic E-state index is -0.157. The number of benzene rings is 2. The SMILES string of the molecule is CC(=O)N(CC(=O)N1c2ccccc2CC1C)c1ccccc1Br. The monoisotopic (exact) mass is 386 g/mol. The Kier molecular flexibility index (Phi) is 4.71. The number of carbonyl (C=O) groups is 2. The van der Waals surface area contributed by atoms with Gasteiger partial charge in [-0.3, -0.25) is 9.59 Å². The summed E-state index contributed by atoms with van der Waals surface area (Å²) in [7, 11) is 0. The smallest absolute Gasteiger partial charge is 0.247 e. The largest absolute Gasteiger partial charge is 0.307 e. The zero-order chi connectivity index (χ0) is 17.3. The first-order valence-electron chi connectivity index (χ1n) is 7.91. The average molecular weight is 387 g/mol. The fourth-order valence-corrected chi connectivity index (χ4v) is 3.69. The van der Waals surface area contributed by atoms with Crippen molar-refractivity contribution in [1.29, 1.82) is 0 Å². The standard InChI is InChI=1S/C19H19BrN2O2/c1-13-11-15-7-3-5-9-17(15)22(13)19(24)12-21(14(2)23)18-10-6-4-8-16(18)20/h3-10,13H,11-12H2,1-2H3. The second kappa shape index (κ2) is 6.77. The molecule has 0 aromatic heterocycles. The Morgan fingerprint density at radius 2 is 1.83 bits per heavy atom. The molecule has 124 valence electrons. The first-order chi connectivity index (χ1) is 11.5. The van der Waals surface area contributed by atoms with E-state index in [1.807, 2.05) is 54.3 Å². The van der Waals surface area contributed by atoms with Gasteiger partial charge in [-0.1, -0.05) is 30.3 Å². The molecule has 2 amide bonds. The Balaban J connectivity index is 1.88. The Bertz CT molecular complexity index is 790. The summed E-state index contributed by atoms with van der Waals surface area (Å²) in [6, 6.07) is 15.5. The average Bonchev–Trinajstić information content (AvgIpc) is 2.89. The molecule has 4 nitrogen and oxygen atoms in total. The van der Waals surface area contributed by atoms with Crippen LogP contribution >= 0.6 is 15.9 Å². The number of rotatable bonds is 3. The van der Waals surface area contributed by atoms with E-state index in [0.29, 0.717) is 5.69 Å². The number of fused-ring (bicyclic) bond motifs is 1. The van der Waals surface area contributed by atoms with Crippen LogP contribution in [0.2, 0.25) is 0 Å². The van der Waals surface area contributed by atoms with Gasteiger partial charge in [0.1, 0.15) is 6.54 Å². The third-order valence-electron chi connectivity index (χ3n) is 4.29. The molecule has 0 bridgehead atoms. The summed E-state index contributed by atoms with van der Waals surface area (Å²) in [6.07, 6.45) is 0.844. The van der Waals surface area contributed by atoms with Crippen molar-refractivity contribution >= 4 is 39.1 Å². The number of anilines is 2. The molecule has 1 aliphatic rings. The van der Waals surface area contributed by atoms with Crippen LogP contribution in [0.15, 0.2) is 53.0 Å². The van der Waals surface area contributed by atoms with Crippen molar-refractivity contribution in [3.8, 4) is 0 Å². The molecule has 0 fully saturated rings. The Hall–Kier alpha value is -2.14. The molecular formula is C19H19BrN2O2. The summed E-state index contributed by atoms with van der Waals surface area (Å²) >= 11 is 3.46. The number of para-hydroxylation sites is 2. The van der Waals surface area contributed by atoms with Gasteiger partial charge in [0.25, 0.3) is 0 Å². The maximum Gasteiger partial charge on any atom is 0.247 e. The van der Waals surface area contributed by atoms with Crippen LogP contribution in [0.4, 0.5) is 11.4 Å². The third-order valence-corrected chi connectivity index (χ3v) is 4.96. The van der Waals surface area contributed by atoms with Crippen molar-refractivity contribution < 1.29 is 9.59 Å². The van der Waals surface area contributed by atoms with Crippen LogP contribution in [0.5, 0.6) is 0 Å². The van der Waals surface area contributed by atoms with Crippen LogP contribution in [0, 0.1) is 0 Å². The molecule has 1 aliphatic heterocycles. The van der Waals surface area contributed by atoms with Crippen LogP contribution in [-0.4, -0.2) is 24.4 Å². The van der Waals surface area contributed by atoms with Crippen LogP contribution in [0.25, 0.3) is 0 Å². The lowest BCUT2D eigenvalue weighted by molar-refractivity contribution is -0.121. The van der Waals surface area contributed by atoms with Gasteiger partial charge >= 0.3 is 0 Å². The minimum Gasteiger partial charge on any atom is -0.307 e. The van der Waals surface area contributed by atoms with E-state index in [4.69, 9.17) is 0 Å². The molecule has 5 heteroatoms. The lowest BCUT2D eigenvalue weighted by atomic mass is 10.1. The van der Waals surface area contributed by atoms with E-state index in [1.54, 1.807) is 0 Å². The van der Waals surface area contributed by atoms with Crippen LogP contribution < -0.4 is 9.80 Å². The highest BCUT2D eigenvalue weighted by Crippen LogP contribution is 2.32. The predicted molar refractivity (Wildman–Crippen MR) is 99.3 cm³/mol. The fraction of sp³-hybridized carbons (Fsp3) is 0.263. The fourth-order valence-electron chi connectivity index (χ4n) is 3.19. The van der Waals surface area contributed by atoms with Crippen molar-refractivity contribution in [1.82, 2.24) is 0 Å². The minimum absolute atomic E-state index is 0.0244.